The number of fused-ring (bicyclic) bond motifs is 1. The molecular formula is C22H25NO3. The van der Waals surface area contributed by atoms with E-state index in [1.807, 2.05) is 41.3 Å². The van der Waals surface area contributed by atoms with Gasteiger partial charge in [-0.3, -0.25) is 4.79 Å². The second kappa shape index (κ2) is 7.12. The quantitative estimate of drug-likeness (QED) is 0.920. The zero-order chi connectivity index (χ0) is 18.0. The predicted molar refractivity (Wildman–Crippen MR) is 101 cm³/mol. The Bertz CT molecular complexity index is 783. The lowest BCUT2D eigenvalue weighted by molar-refractivity contribution is 0.0724. The van der Waals surface area contributed by atoms with Gasteiger partial charge in [0.15, 0.2) is 0 Å². The summed E-state index contributed by atoms with van der Waals surface area (Å²) in [7, 11) is 0. The Morgan fingerprint density at radius 2 is 1.85 bits per heavy atom. The lowest BCUT2D eigenvalue weighted by Crippen LogP contribution is -2.36. The first-order chi connectivity index (χ1) is 12.7. The van der Waals surface area contributed by atoms with Gasteiger partial charge in [0.2, 0.25) is 0 Å². The van der Waals surface area contributed by atoms with Gasteiger partial charge in [-0.2, -0.15) is 0 Å². The van der Waals surface area contributed by atoms with Gasteiger partial charge in [-0.1, -0.05) is 36.4 Å². The first-order valence-electron chi connectivity index (χ1n) is 9.43. The number of ether oxygens (including phenoxy) is 1. The Kier molecular flexibility index (Phi) is 4.68. The number of rotatable bonds is 4. The number of aliphatic hydroxyl groups excluding tert-OH is 1. The van der Waals surface area contributed by atoms with E-state index in [0.717, 1.165) is 43.7 Å². The van der Waals surface area contributed by atoms with Crippen LogP contribution in [-0.4, -0.2) is 42.2 Å². The Balaban J connectivity index is 1.60. The molecule has 2 aliphatic rings. The van der Waals surface area contributed by atoms with Gasteiger partial charge >= 0.3 is 0 Å². The second-order valence-corrected chi connectivity index (χ2v) is 7.45. The maximum atomic E-state index is 12.7. The maximum Gasteiger partial charge on any atom is 0.253 e. The van der Waals surface area contributed by atoms with Crippen molar-refractivity contribution in [3.05, 3.63) is 65.2 Å². The molecule has 0 bridgehead atoms. The third-order valence-corrected chi connectivity index (χ3v) is 5.64. The minimum atomic E-state index is -0.441. The predicted octanol–water partition coefficient (Wildman–Crippen LogP) is 3.18. The van der Waals surface area contributed by atoms with Crippen molar-refractivity contribution in [1.29, 1.82) is 0 Å². The van der Waals surface area contributed by atoms with Crippen LogP contribution in [0.5, 0.6) is 5.75 Å². The van der Waals surface area contributed by atoms with E-state index in [2.05, 4.69) is 12.1 Å². The number of aliphatic hydroxyl groups is 1. The Morgan fingerprint density at radius 3 is 2.58 bits per heavy atom. The van der Waals surface area contributed by atoms with Crippen LogP contribution in [0, 0.1) is 0 Å². The molecular weight excluding hydrogens is 326 g/mol. The summed E-state index contributed by atoms with van der Waals surface area (Å²) in [5.41, 5.74) is 2.41. The summed E-state index contributed by atoms with van der Waals surface area (Å²) in [6.07, 6.45) is 4.09. The van der Waals surface area contributed by atoms with Crippen LogP contribution in [0.4, 0.5) is 0 Å². The fourth-order valence-corrected chi connectivity index (χ4v) is 4.11. The van der Waals surface area contributed by atoms with Crippen LogP contribution in [0.25, 0.3) is 0 Å². The fourth-order valence-electron chi connectivity index (χ4n) is 4.11. The molecule has 0 spiro atoms. The minimum absolute atomic E-state index is 0.0221. The molecule has 4 nitrogen and oxygen atoms in total. The van der Waals surface area contributed by atoms with E-state index in [1.54, 1.807) is 0 Å². The lowest BCUT2D eigenvalue weighted by Gasteiger charge is -2.27. The number of nitrogens with zero attached hydrogens (tertiary/aromatic N) is 1. The van der Waals surface area contributed by atoms with Crippen molar-refractivity contribution in [2.24, 2.45) is 0 Å². The molecule has 2 heterocycles. The van der Waals surface area contributed by atoms with Gasteiger partial charge in [0.05, 0.1) is 12.0 Å². The monoisotopic (exact) mass is 351 g/mol. The van der Waals surface area contributed by atoms with Crippen molar-refractivity contribution >= 4 is 5.91 Å². The minimum Gasteiger partial charge on any atom is -0.492 e. The standard InChI is InChI=1S/C22H25NO3/c24-15-22(14-17-7-3-1-4-8-17)16-26-20-13-18(9-10-19(20)22)21(25)23-11-5-2-6-12-23/h1,3-4,7-10,13,24H,2,5-6,11-12,14-16H2/t22-/m1/s1. The van der Waals surface area contributed by atoms with E-state index in [4.69, 9.17) is 4.74 Å². The summed E-state index contributed by atoms with van der Waals surface area (Å²) in [6.45, 7) is 2.14. The zero-order valence-corrected chi connectivity index (χ0v) is 15.0. The van der Waals surface area contributed by atoms with Crippen molar-refractivity contribution in [3.63, 3.8) is 0 Å². The van der Waals surface area contributed by atoms with Crippen molar-refractivity contribution in [2.45, 2.75) is 31.1 Å². The van der Waals surface area contributed by atoms with Gasteiger partial charge in [-0.25, -0.2) is 0 Å². The molecule has 0 saturated carbocycles. The zero-order valence-electron chi connectivity index (χ0n) is 15.0. The molecule has 0 aromatic heterocycles. The molecule has 2 aromatic rings. The molecule has 0 unspecified atom stereocenters. The molecule has 2 aliphatic heterocycles. The number of likely N-dealkylation sites (tertiary alicyclic amines) is 1. The van der Waals surface area contributed by atoms with Gasteiger partial charge in [-0.05, 0) is 43.4 Å². The number of hydrogen-bond acceptors (Lipinski definition) is 3. The average molecular weight is 351 g/mol. The second-order valence-electron chi connectivity index (χ2n) is 7.45. The Hall–Kier alpha value is -2.33. The van der Waals surface area contributed by atoms with Crippen LogP contribution in [0.1, 0.15) is 40.7 Å². The summed E-state index contributed by atoms with van der Waals surface area (Å²) in [5.74, 6) is 0.818. The molecule has 1 amide bonds. The SMILES string of the molecule is O=C(c1ccc2c(c1)OC[C@]2(CO)Cc1ccccc1)N1CCCCC1. The average Bonchev–Trinajstić information content (AvgIpc) is 3.07. The molecule has 1 atom stereocenters. The molecule has 26 heavy (non-hydrogen) atoms. The first-order valence-corrected chi connectivity index (χ1v) is 9.43. The molecule has 0 aliphatic carbocycles. The summed E-state index contributed by atoms with van der Waals surface area (Å²) < 4.78 is 5.92. The lowest BCUT2D eigenvalue weighted by atomic mass is 9.77. The van der Waals surface area contributed by atoms with E-state index in [9.17, 15) is 9.90 Å². The number of carbonyl (C=O) groups excluding carboxylic acids is 1. The molecule has 0 radical (unpaired) electrons. The number of amides is 1. The number of carbonyl (C=O) groups is 1. The van der Waals surface area contributed by atoms with E-state index < -0.39 is 5.41 Å². The van der Waals surface area contributed by atoms with Crippen molar-refractivity contribution in [2.75, 3.05) is 26.3 Å². The number of piperidine rings is 1. The van der Waals surface area contributed by atoms with Crippen molar-refractivity contribution in [1.82, 2.24) is 4.90 Å². The summed E-state index contributed by atoms with van der Waals surface area (Å²) in [6, 6.07) is 15.9. The van der Waals surface area contributed by atoms with Crippen LogP contribution in [0.15, 0.2) is 48.5 Å². The highest BCUT2D eigenvalue weighted by Crippen LogP contribution is 2.41. The Labute approximate surface area is 154 Å². The number of benzene rings is 2. The molecule has 4 heteroatoms. The molecule has 2 aromatic carbocycles. The van der Waals surface area contributed by atoms with Gasteiger partial charge in [0.25, 0.3) is 5.91 Å². The summed E-state index contributed by atoms with van der Waals surface area (Å²) in [5, 5.41) is 10.2. The van der Waals surface area contributed by atoms with Crippen molar-refractivity contribution in [3.8, 4) is 5.75 Å². The molecule has 136 valence electrons. The highest BCUT2D eigenvalue weighted by atomic mass is 16.5. The highest BCUT2D eigenvalue weighted by molar-refractivity contribution is 5.95. The van der Waals surface area contributed by atoms with E-state index in [1.165, 1.54) is 12.0 Å². The molecule has 1 fully saturated rings. The van der Waals surface area contributed by atoms with E-state index in [-0.39, 0.29) is 12.5 Å². The van der Waals surface area contributed by atoms with Gasteiger partial charge in [-0.15, -0.1) is 0 Å². The van der Waals surface area contributed by atoms with Crippen LogP contribution in [-0.2, 0) is 11.8 Å². The van der Waals surface area contributed by atoms with Gasteiger partial charge in [0.1, 0.15) is 12.4 Å². The highest BCUT2D eigenvalue weighted by Gasteiger charge is 2.40. The van der Waals surface area contributed by atoms with Crippen molar-refractivity contribution < 1.29 is 14.6 Å². The Morgan fingerprint density at radius 1 is 1.08 bits per heavy atom. The first kappa shape index (κ1) is 17.1. The third kappa shape index (κ3) is 3.10. The van der Waals surface area contributed by atoms with Crippen LogP contribution >= 0.6 is 0 Å². The smallest absolute Gasteiger partial charge is 0.253 e. The molecule has 1 N–H and O–H groups in total. The molecule has 1 saturated heterocycles. The van der Waals surface area contributed by atoms with Crippen LogP contribution in [0.2, 0.25) is 0 Å². The topological polar surface area (TPSA) is 49.8 Å². The fraction of sp³-hybridized carbons (Fsp3) is 0.409. The molecule has 4 rings (SSSR count). The van der Waals surface area contributed by atoms with Gasteiger partial charge < -0.3 is 14.7 Å². The summed E-state index contributed by atoms with van der Waals surface area (Å²) in [4.78, 5) is 14.7. The third-order valence-electron chi connectivity index (χ3n) is 5.64. The van der Waals surface area contributed by atoms with E-state index >= 15 is 0 Å². The van der Waals surface area contributed by atoms with Gasteiger partial charge in [0, 0.05) is 24.2 Å². The number of hydrogen-bond donors (Lipinski definition) is 1. The maximum absolute atomic E-state index is 12.7. The van der Waals surface area contributed by atoms with Crippen LogP contribution in [0.3, 0.4) is 0 Å². The summed E-state index contributed by atoms with van der Waals surface area (Å²) >= 11 is 0. The normalized spacial score (nSPS) is 22.0. The van der Waals surface area contributed by atoms with E-state index in [0.29, 0.717) is 12.2 Å². The largest absolute Gasteiger partial charge is 0.492 e. The van der Waals surface area contributed by atoms with Crippen LogP contribution < -0.4 is 4.74 Å².